The van der Waals surface area contributed by atoms with E-state index >= 15 is 0 Å². The molecule has 1 aromatic heterocycles. The van der Waals surface area contributed by atoms with Gasteiger partial charge in [0.15, 0.2) is 0 Å². The Balaban J connectivity index is 2.07. The molecule has 1 saturated carbocycles. The van der Waals surface area contributed by atoms with E-state index in [0.717, 1.165) is 38.1 Å². The third-order valence-corrected chi connectivity index (χ3v) is 5.09. The van der Waals surface area contributed by atoms with E-state index < -0.39 is 10.0 Å². The van der Waals surface area contributed by atoms with Crippen molar-refractivity contribution in [2.45, 2.75) is 30.6 Å². The molecule has 0 saturated heterocycles. The fraction of sp³-hybridized carbons (Fsp3) is 0.636. The number of hydrogen-bond donors (Lipinski definition) is 2. The summed E-state index contributed by atoms with van der Waals surface area (Å²) in [6.45, 7) is 0.223. The Morgan fingerprint density at radius 2 is 1.89 bits per heavy atom. The Kier molecular flexibility index (Phi) is 4.39. The Hall–Kier alpha value is -0.760. The van der Waals surface area contributed by atoms with E-state index in [9.17, 15) is 13.5 Å². The minimum atomic E-state index is -3.66. The van der Waals surface area contributed by atoms with Crippen molar-refractivity contribution in [1.29, 1.82) is 0 Å². The molecular formula is C11H16ClN3O3S. The number of nitrogens with one attached hydrogen (secondary N) is 1. The van der Waals surface area contributed by atoms with Crippen LogP contribution in [-0.2, 0) is 10.0 Å². The van der Waals surface area contributed by atoms with Crippen molar-refractivity contribution in [3.8, 4) is 0 Å². The second-order valence-electron chi connectivity index (χ2n) is 4.88. The number of hydrogen-bond acceptors (Lipinski definition) is 5. The van der Waals surface area contributed by atoms with Gasteiger partial charge in [-0.25, -0.2) is 23.1 Å². The van der Waals surface area contributed by atoms with Gasteiger partial charge in [0.1, 0.15) is 4.90 Å². The second kappa shape index (κ2) is 5.70. The van der Waals surface area contributed by atoms with Crippen molar-refractivity contribution in [3.05, 3.63) is 17.7 Å². The lowest BCUT2D eigenvalue weighted by Gasteiger charge is -2.26. The zero-order chi connectivity index (χ0) is 13.9. The average molecular weight is 306 g/mol. The van der Waals surface area contributed by atoms with E-state index in [4.69, 9.17) is 11.6 Å². The molecule has 1 aliphatic rings. The molecule has 0 aromatic carbocycles. The van der Waals surface area contributed by atoms with Crippen LogP contribution in [-0.4, -0.2) is 36.6 Å². The summed E-state index contributed by atoms with van der Waals surface area (Å²) in [6, 6.07) is 0. The van der Waals surface area contributed by atoms with Crippen molar-refractivity contribution in [2.75, 3.05) is 13.2 Å². The van der Waals surface area contributed by atoms with E-state index in [1.807, 2.05) is 0 Å². The summed E-state index contributed by atoms with van der Waals surface area (Å²) in [5.41, 5.74) is -0.333. The number of nitrogens with zero attached hydrogens (tertiary/aromatic N) is 2. The fourth-order valence-corrected chi connectivity index (χ4v) is 3.43. The maximum absolute atomic E-state index is 12.0. The summed E-state index contributed by atoms with van der Waals surface area (Å²) in [5.74, 6) is 0. The van der Waals surface area contributed by atoms with E-state index in [0.29, 0.717) is 0 Å². The second-order valence-corrected chi connectivity index (χ2v) is 6.98. The molecule has 6 nitrogen and oxygen atoms in total. The van der Waals surface area contributed by atoms with Gasteiger partial charge in [-0.05, 0) is 24.4 Å². The highest BCUT2D eigenvalue weighted by molar-refractivity contribution is 7.89. The van der Waals surface area contributed by atoms with E-state index in [1.54, 1.807) is 0 Å². The molecule has 0 bridgehead atoms. The average Bonchev–Trinajstić information content (AvgIpc) is 2.87. The lowest BCUT2D eigenvalue weighted by molar-refractivity contribution is 0.134. The van der Waals surface area contributed by atoms with E-state index in [-0.39, 0.29) is 28.7 Å². The predicted molar refractivity (Wildman–Crippen MR) is 70.2 cm³/mol. The molecular weight excluding hydrogens is 290 g/mol. The van der Waals surface area contributed by atoms with Crippen LogP contribution in [0.3, 0.4) is 0 Å². The zero-order valence-corrected chi connectivity index (χ0v) is 11.9. The number of rotatable bonds is 5. The van der Waals surface area contributed by atoms with Crippen LogP contribution in [0.25, 0.3) is 0 Å². The molecule has 19 heavy (non-hydrogen) atoms. The van der Waals surface area contributed by atoms with Gasteiger partial charge in [-0.3, -0.25) is 0 Å². The molecule has 0 spiro atoms. The van der Waals surface area contributed by atoms with Gasteiger partial charge in [-0.2, -0.15) is 0 Å². The molecule has 1 fully saturated rings. The first-order valence-corrected chi connectivity index (χ1v) is 7.92. The molecule has 2 N–H and O–H groups in total. The summed E-state index contributed by atoms with van der Waals surface area (Å²) in [4.78, 5) is 7.27. The molecule has 0 aliphatic heterocycles. The minimum Gasteiger partial charge on any atom is -0.396 e. The number of sulfonamides is 1. The van der Waals surface area contributed by atoms with Gasteiger partial charge in [0.25, 0.3) is 0 Å². The van der Waals surface area contributed by atoms with E-state index in [1.165, 1.54) is 0 Å². The fourth-order valence-electron chi connectivity index (χ4n) is 2.29. The highest BCUT2D eigenvalue weighted by Gasteiger charge is 2.34. The van der Waals surface area contributed by atoms with Gasteiger partial charge in [0, 0.05) is 18.6 Å². The quantitative estimate of drug-likeness (QED) is 0.791. The number of aromatic nitrogens is 2. The van der Waals surface area contributed by atoms with Gasteiger partial charge in [0.05, 0.1) is 12.4 Å². The normalized spacial score (nSPS) is 18.6. The Labute approximate surface area is 117 Å². The van der Waals surface area contributed by atoms with Crippen LogP contribution in [0.4, 0.5) is 0 Å². The van der Waals surface area contributed by atoms with Crippen molar-refractivity contribution < 1.29 is 13.5 Å². The molecule has 106 valence electrons. The summed E-state index contributed by atoms with van der Waals surface area (Å²) in [5, 5.41) is 9.44. The Bertz CT molecular complexity index is 527. The van der Waals surface area contributed by atoms with Gasteiger partial charge < -0.3 is 5.11 Å². The van der Waals surface area contributed by atoms with Crippen molar-refractivity contribution in [3.63, 3.8) is 0 Å². The summed E-state index contributed by atoms with van der Waals surface area (Å²) < 4.78 is 26.6. The molecule has 1 aromatic rings. The molecule has 0 amide bonds. The summed E-state index contributed by atoms with van der Waals surface area (Å²) >= 11 is 5.52. The molecule has 0 radical (unpaired) electrons. The molecule has 8 heteroatoms. The van der Waals surface area contributed by atoms with Crippen LogP contribution in [0.5, 0.6) is 0 Å². The largest absolute Gasteiger partial charge is 0.396 e. The maximum Gasteiger partial charge on any atom is 0.243 e. The smallest absolute Gasteiger partial charge is 0.243 e. The Morgan fingerprint density at radius 1 is 1.32 bits per heavy atom. The predicted octanol–water partition coefficient (Wildman–Crippen LogP) is 0.961. The van der Waals surface area contributed by atoms with Crippen LogP contribution in [0.2, 0.25) is 5.28 Å². The van der Waals surface area contributed by atoms with Gasteiger partial charge >= 0.3 is 0 Å². The van der Waals surface area contributed by atoms with Gasteiger partial charge in [0.2, 0.25) is 15.3 Å². The van der Waals surface area contributed by atoms with Crippen LogP contribution < -0.4 is 4.72 Å². The number of aliphatic hydroxyl groups is 1. The third-order valence-electron chi connectivity index (χ3n) is 3.54. The summed E-state index contributed by atoms with van der Waals surface area (Å²) in [6.07, 6.45) is 6.04. The standard InChI is InChI=1S/C11H16ClN3O3S/c12-10-13-5-9(6-14-10)19(17,18)15-7-11(8-16)3-1-2-4-11/h5-6,15-16H,1-4,7-8H2. The monoisotopic (exact) mass is 305 g/mol. The van der Waals surface area contributed by atoms with Crippen molar-refractivity contribution in [2.24, 2.45) is 5.41 Å². The first-order valence-electron chi connectivity index (χ1n) is 6.06. The first-order chi connectivity index (χ1) is 8.97. The van der Waals surface area contributed by atoms with Crippen LogP contribution >= 0.6 is 11.6 Å². The highest BCUT2D eigenvalue weighted by Crippen LogP contribution is 2.37. The van der Waals surface area contributed by atoms with Gasteiger partial charge in [-0.15, -0.1) is 0 Å². The maximum atomic E-state index is 12.0. The Morgan fingerprint density at radius 3 is 2.42 bits per heavy atom. The van der Waals surface area contributed by atoms with Crippen LogP contribution in [0.15, 0.2) is 17.3 Å². The van der Waals surface area contributed by atoms with Crippen LogP contribution in [0, 0.1) is 5.41 Å². The van der Waals surface area contributed by atoms with Crippen LogP contribution in [0.1, 0.15) is 25.7 Å². The molecule has 1 aliphatic carbocycles. The molecule has 0 atom stereocenters. The van der Waals surface area contributed by atoms with Crippen molar-refractivity contribution in [1.82, 2.24) is 14.7 Å². The molecule has 1 heterocycles. The number of halogens is 1. The van der Waals surface area contributed by atoms with E-state index in [2.05, 4.69) is 14.7 Å². The SMILES string of the molecule is O=S(=O)(NCC1(CO)CCCC1)c1cnc(Cl)nc1. The van der Waals surface area contributed by atoms with Gasteiger partial charge in [-0.1, -0.05) is 12.8 Å². The summed E-state index contributed by atoms with van der Waals surface area (Å²) in [7, 11) is -3.66. The van der Waals surface area contributed by atoms with Crippen molar-refractivity contribution >= 4 is 21.6 Å². The topological polar surface area (TPSA) is 92.2 Å². The zero-order valence-electron chi connectivity index (χ0n) is 10.3. The third kappa shape index (κ3) is 3.42. The number of aliphatic hydroxyl groups excluding tert-OH is 1. The lowest BCUT2D eigenvalue weighted by atomic mass is 9.88. The first kappa shape index (κ1) is 14.6. The highest BCUT2D eigenvalue weighted by atomic mass is 35.5. The minimum absolute atomic E-state index is 0.00145. The lowest BCUT2D eigenvalue weighted by Crippen LogP contribution is -2.38. The molecule has 0 unspecified atom stereocenters. The molecule has 2 rings (SSSR count).